The molecule has 2 aliphatic rings. The van der Waals surface area contributed by atoms with Crippen molar-refractivity contribution in [2.45, 2.75) is 26.8 Å². The summed E-state index contributed by atoms with van der Waals surface area (Å²) in [4.78, 5) is 11.1. The van der Waals surface area contributed by atoms with Crippen molar-refractivity contribution in [1.29, 1.82) is 0 Å². The molecule has 0 radical (unpaired) electrons. The Bertz CT molecular complexity index is 564. The van der Waals surface area contributed by atoms with Crippen LogP contribution in [0.1, 0.15) is 20.8 Å². The highest BCUT2D eigenvalue weighted by molar-refractivity contribution is 7.91. The highest BCUT2D eigenvalue weighted by atomic mass is 32.2. The van der Waals surface area contributed by atoms with Crippen molar-refractivity contribution in [3.63, 3.8) is 0 Å². The van der Waals surface area contributed by atoms with E-state index in [0.29, 0.717) is 19.0 Å². The molecule has 2 aliphatic heterocycles. The van der Waals surface area contributed by atoms with Crippen molar-refractivity contribution >= 4 is 22.0 Å². The van der Waals surface area contributed by atoms with E-state index in [1.807, 2.05) is 17.3 Å². The van der Waals surface area contributed by atoms with Gasteiger partial charge in [-0.25, -0.2) is 13.4 Å². The summed E-state index contributed by atoms with van der Waals surface area (Å²) in [6.45, 7) is 7.88. The molecule has 0 saturated carbocycles. The maximum Gasteiger partial charge on any atom is 0.151 e. The predicted octanol–water partition coefficient (Wildman–Crippen LogP) is 0.675. The molecule has 0 fully saturated rings. The van der Waals surface area contributed by atoms with Crippen LogP contribution in [-0.2, 0) is 9.84 Å². The normalized spacial score (nSPS) is 21.5. The largest absolute Gasteiger partial charge is 0.315 e. The van der Waals surface area contributed by atoms with Crippen LogP contribution in [0.15, 0.2) is 21.8 Å². The molecule has 0 aromatic rings. The number of hydrogen-bond donors (Lipinski definition) is 1. The first-order chi connectivity index (χ1) is 9.91. The van der Waals surface area contributed by atoms with Crippen LogP contribution in [0.3, 0.4) is 0 Å². The average molecular weight is 312 g/mol. The van der Waals surface area contributed by atoms with Gasteiger partial charge in [0.2, 0.25) is 0 Å². The first-order valence-corrected chi connectivity index (χ1v) is 9.25. The van der Waals surface area contributed by atoms with Gasteiger partial charge in [0, 0.05) is 37.2 Å². The van der Waals surface area contributed by atoms with Crippen molar-refractivity contribution in [3.8, 4) is 0 Å². The molecular formula is C14H24N4O2S. The molecule has 0 amide bonds. The third kappa shape index (κ3) is 4.38. The Labute approximate surface area is 127 Å². The van der Waals surface area contributed by atoms with Crippen molar-refractivity contribution in [2.24, 2.45) is 15.9 Å². The Morgan fingerprint density at radius 1 is 1.48 bits per heavy atom. The maximum atomic E-state index is 11.4. The van der Waals surface area contributed by atoms with Gasteiger partial charge in [0.1, 0.15) is 5.84 Å². The molecule has 0 spiro atoms. The number of nitrogens with zero attached hydrogens (tertiary/aromatic N) is 3. The minimum absolute atomic E-state index is 0.151. The zero-order valence-electron chi connectivity index (χ0n) is 12.9. The summed E-state index contributed by atoms with van der Waals surface area (Å²) in [5.74, 6) is 1.74. The van der Waals surface area contributed by atoms with E-state index >= 15 is 0 Å². The standard InChI is InChI=1S/C14H24N4O2S/c1-4-21(19,20)6-5-15-8-12-9-18-10-16-13(11(2)3)7-14(18)17-12/h7,10-12,15H,4-6,8-9H2,1-3H3. The molecule has 1 atom stereocenters. The van der Waals surface area contributed by atoms with Gasteiger partial charge >= 0.3 is 0 Å². The molecule has 6 nitrogen and oxygen atoms in total. The maximum absolute atomic E-state index is 11.4. The molecule has 2 rings (SSSR count). The molecule has 0 aliphatic carbocycles. The number of allylic oxidation sites excluding steroid dienone is 1. The lowest BCUT2D eigenvalue weighted by atomic mass is 10.1. The number of sulfone groups is 1. The van der Waals surface area contributed by atoms with Crippen molar-refractivity contribution in [1.82, 2.24) is 10.2 Å². The third-order valence-electron chi connectivity index (χ3n) is 3.64. The molecule has 21 heavy (non-hydrogen) atoms. The minimum atomic E-state index is -2.89. The number of rotatable bonds is 7. The van der Waals surface area contributed by atoms with E-state index in [-0.39, 0.29) is 17.5 Å². The summed E-state index contributed by atoms with van der Waals surface area (Å²) < 4.78 is 22.8. The van der Waals surface area contributed by atoms with E-state index < -0.39 is 9.84 Å². The van der Waals surface area contributed by atoms with Gasteiger partial charge in [0.05, 0.1) is 18.1 Å². The molecule has 2 heterocycles. The number of hydrogen-bond acceptors (Lipinski definition) is 6. The summed E-state index contributed by atoms with van der Waals surface area (Å²) in [7, 11) is -2.89. The van der Waals surface area contributed by atoms with Crippen LogP contribution in [-0.4, -0.2) is 62.7 Å². The molecule has 1 unspecified atom stereocenters. The first kappa shape index (κ1) is 16.2. The van der Waals surface area contributed by atoms with Crippen LogP contribution in [0.4, 0.5) is 0 Å². The fourth-order valence-corrected chi connectivity index (χ4v) is 2.97. The third-order valence-corrected chi connectivity index (χ3v) is 5.35. The Morgan fingerprint density at radius 3 is 2.90 bits per heavy atom. The SMILES string of the molecule is CCS(=O)(=O)CCNCC1CN2C=NC(C(C)C)=CC2=N1. The van der Waals surface area contributed by atoms with Crippen LogP contribution in [0.2, 0.25) is 0 Å². The molecule has 0 aromatic heterocycles. The van der Waals surface area contributed by atoms with Crippen LogP contribution in [0.5, 0.6) is 0 Å². The Morgan fingerprint density at radius 2 is 2.24 bits per heavy atom. The number of aliphatic imine (C=N–C) groups is 2. The van der Waals surface area contributed by atoms with Gasteiger partial charge < -0.3 is 10.2 Å². The van der Waals surface area contributed by atoms with Crippen LogP contribution < -0.4 is 5.32 Å². The number of fused-ring (bicyclic) bond motifs is 1. The fourth-order valence-electron chi connectivity index (χ4n) is 2.22. The fraction of sp³-hybridized carbons (Fsp3) is 0.714. The molecule has 118 valence electrons. The van der Waals surface area contributed by atoms with Crippen molar-refractivity contribution < 1.29 is 8.42 Å². The minimum Gasteiger partial charge on any atom is -0.315 e. The molecule has 1 N–H and O–H groups in total. The predicted molar refractivity (Wildman–Crippen MR) is 86.5 cm³/mol. The molecular weight excluding hydrogens is 288 g/mol. The second-order valence-corrected chi connectivity index (χ2v) is 8.18. The van der Waals surface area contributed by atoms with E-state index in [1.165, 1.54) is 0 Å². The Balaban J connectivity index is 1.82. The van der Waals surface area contributed by atoms with Crippen LogP contribution >= 0.6 is 0 Å². The van der Waals surface area contributed by atoms with Crippen molar-refractivity contribution in [3.05, 3.63) is 11.8 Å². The molecule has 0 saturated heterocycles. The molecule has 7 heteroatoms. The van der Waals surface area contributed by atoms with E-state index in [1.54, 1.807) is 6.92 Å². The lowest BCUT2D eigenvalue weighted by molar-refractivity contribution is 0.538. The van der Waals surface area contributed by atoms with Gasteiger partial charge in [-0.15, -0.1) is 0 Å². The van der Waals surface area contributed by atoms with E-state index in [2.05, 4.69) is 29.1 Å². The lowest BCUT2D eigenvalue weighted by Crippen LogP contribution is -2.34. The quantitative estimate of drug-likeness (QED) is 0.701. The highest BCUT2D eigenvalue weighted by Crippen LogP contribution is 2.19. The van der Waals surface area contributed by atoms with Crippen molar-refractivity contribution in [2.75, 3.05) is 31.1 Å². The summed E-state index contributed by atoms with van der Waals surface area (Å²) in [5, 5.41) is 3.18. The second kappa shape index (κ2) is 6.70. The summed E-state index contributed by atoms with van der Waals surface area (Å²) >= 11 is 0. The topological polar surface area (TPSA) is 74.1 Å². The second-order valence-electron chi connectivity index (χ2n) is 5.70. The van der Waals surface area contributed by atoms with Gasteiger partial charge in [-0.1, -0.05) is 20.8 Å². The van der Waals surface area contributed by atoms with Gasteiger partial charge in [-0.3, -0.25) is 4.99 Å². The Hall–Kier alpha value is -1.21. The zero-order valence-corrected chi connectivity index (χ0v) is 13.7. The summed E-state index contributed by atoms with van der Waals surface area (Å²) in [6, 6.07) is 0.151. The molecule has 0 aromatic carbocycles. The smallest absolute Gasteiger partial charge is 0.151 e. The van der Waals surface area contributed by atoms with Gasteiger partial charge in [-0.2, -0.15) is 0 Å². The lowest BCUT2D eigenvalue weighted by Gasteiger charge is -2.19. The van der Waals surface area contributed by atoms with E-state index in [0.717, 1.165) is 18.1 Å². The number of nitrogens with one attached hydrogen (secondary N) is 1. The summed E-state index contributed by atoms with van der Waals surface area (Å²) in [6.07, 6.45) is 3.88. The van der Waals surface area contributed by atoms with E-state index in [9.17, 15) is 8.42 Å². The van der Waals surface area contributed by atoms with Gasteiger partial charge in [0.25, 0.3) is 0 Å². The summed E-state index contributed by atoms with van der Waals surface area (Å²) in [5.41, 5.74) is 1.05. The van der Waals surface area contributed by atoms with Gasteiger partial charge in [0.15, 0.2) is 9.84 Å². The Kier molecular flexibility index (Phi) is 5.16. The average Bonchev–Trinajstić information content (AvgIpc) is 2.85. The van der Waals surface area contributed by atoms with Gasteiger partial charge in [-0.05, 0) is 5.92 Å². The van der Waals surface area contributed by atoms with Crippen LogP contribution in [0.25, 0.3) is 0 Å². The van der Waals surface area contributed by atoms with E-state index in [4.69, 9.17) is 0 Å². The van der Waals surface area contributed by atoms with Crippen LogP contribution in [0, 0.1) is 5.92 Å². The molecule has 0 bridgehead atoms. The number of amidine groups is 1. The highest BCUT2D eigenvalue weighted by Gasteiger charge is 2.25. The zero-order chi connectivity index (χ0) is 15.5. The monoisotopic (exact) mass is 312 g/mol. The first-order valence-electron chi connectivity index (χ1n) is 7.42.